The molecule has 2 aromatic carbocycles. The van der Waals surface area contributed by atoms with Crippen LogP contribution in [0.5, 0.6) is 11.5 Å². The average molecular weight is 393 g/mol. The third kappa shape index (κ3) is 6.24. The molecule has 0 bridgehead atoms. The van der Waals surface area contributed by atoms with E-state index in [9.17, 15) is 9.18 Å². The molecule has 0 spiro atoms. The molecule has 0 N–H and O–H groups in total. The molecule has 2 aromatic rings. The van der Waals surface area contributed by atoms with Crippen molar-refractivity contribution in [1.29, 1.82) is 0 Å². The Kier molecular flexibility index (Phi) is 8.11. The minimum Gasteiger partial charge on any atom is -0.491 e. The van der Waals surface area contributed by atoms with Crippen LogP contribution >= 0.6 is 11.6 Å². The van der Waals surface area contributed by atoms with Gasteiger partial charge in [-0.1, -0.05) is 51.8 Å². The summed E-state index contributed by atoms with van der Waals surface area (Å²) in [6.45, 7) is 6.34. The van der Waals surface area contributed by atoms with Gasteiger partial charge in [0.1, 0.15) is 11.1 Å². The van der Waals surface area contributed by atoms with Gasteiger partial charge in [-0.25, -0.2) is 4.39 Å². The molecule has 0 heterocycles. The van der Waals surface area contributed by atoms with Crippen LogP contribution in [0.1, 0.15) is 40.0 Å². The van der Waals surface area contributed by atoms with E-state index in [0.29, 0.717) is 12.4 Å². The second kappa shape index (κ2) is 10.3. The highest BCUT2D eigenvalue weighted by Gasteiger charge is 2.21. The second-order valence-electron chi connectivity index (χ2n) is 6.79. The number of esters is 1. The van der Waals surface area contributed by atoms with Gasteiger partial charge in [-0.05, 0) is 47.7 Å². The van der Waals surface area contributed by atoms with Crippen molar-refractivity contribution in [1.82, 2.24) is 0 Å². The van der Waals surface area contributed by atoms with Gasteiger partial charge in [-0.3, -0.25) is 4.79 Å². The van der Waals surface area contributed by atoms with E-state index in [2.05, 4.69) is 6.92 Å². The van der Waals surface area contributed by atoms with Gasteiger partial charge in [0.2, 0.25) is 0 Å². The Balaban J connectivity index is 2.02. The second-order valence-corrected chi connectivity index (χ2v) is 7.26. The number of rotatable bonds is 9. The topological polar surface area (TPSA) is 35.5 Å². The smallest absolute Gasteiger partial charge is 0.329 e. The standard InChI is InChI=1S/C22H26ClFO3/c1-4-5-6-13-26-20-12-9-17(14-19(20)24)16-7-10-18(11-8-16)27-22(25)21(23)15(2)3/h7-12,14-15,21H,4-6,13H2,1-3H3. The normalized spacial score (nSPS) is 12.1. The van der Waals surface area contributed by atoms with Crippen LogP contribution < -0.4 is 9.47 Å². The molecule has 0 amide bonds. The minimum atomic E-state index is -0.691. The number of hydrogen-bond donors (Lipinski definition) is 0. The maximum Gasteiger partial charge on any atom is 0.329 e. The number of ether oxygens (including phenoxy) is 2. The van der Waals surface area contributed by atoms with E-state index in [-0.39, 0.29) is 17.5 Å². The molecular formula is C22H26ClFO3. The molecule has 1 unspecified atom stereocenters. The number of carbonyl (C=O) groups excluding carboxylic acids is 1. The fourth-order valence-electron chi connectivity index (χ4n) is 2.49. The summed E-state index contributed by atoms with van der Waals surface area (Å²) in [5.41, 5.74) is 1.54. The van der Waals surface area contributed by atoms with Crippen molar-refractivity contribution in [3.8, 4) is 22.6 Å². The van der Waals surface area contributed by atoms with Crippen molar-refractivity contribution in [3.63, 3.8) is 0 Å². The first kappa shape index (κ1) is 21.2. The summed E-state index contributed by atoms with van der Waals surface area (Å²) < 4.78 is 25.0. The summed E-state index contributed by atoms with van der Waals surface area (Å²) in [7, 11) is 0. The van der Waals surface area contributed by atoms with Crippen molar-refractivity contribution >= 4 is 17.6 Å². The summed E-state index contributed by atoms with van der Waals surface area (Å²) >= 11 is 6.00. The molecule has 3 nitrogen and oxygen atoms in total. The van der Waals surface area contributed by atoms with E-state index in [1.807, 2.05) is 19.9 Å². The maximum absolute atomic E-state index is 14.3. The fourth-order valence-corrected chi connectivity index (χ4v) is 2.54. The van der Waals surface area contributed by atoms with Crippen molar-refractivity contribution in [3.05, 3.63) is 48.3 Å². The number of carbonyl (C=O) groups is 1. The Morgan fingerprint density at radius 3 is 2.33 bits per heavy atom. The van der Waals surface area contributed by atoms with Crippen LogP contribution in [0.2, 0.25) is 0 Å². The Hall–Kier alpha value is -2.07. The molecule has 0 aliphatic carbocycles. The SMILES string of the molecule is CCCCCOc1ccc(-c2ccc(OC(=O)C(Cl)C(C)C)cc2)cc1F. The zero-order valence-electron chi connectivity index (χ0n) is 16.0. The monoisotopic (exact) mass is 392 g/mol. The average Bonchev–Trinajstić information content (AvgIpc) is 2.66. The lowest BCUT2D eigenvalue weighted by Gasteiger charge is -2.13. The molecule has 0 radical (unpaired) electrons. The van der Waals surface area contributed by atoms with Gasteiger partial charge in [0.05, 0.1) is 6.61 Å². The van der Waals surface area contributed by atoms with Crippen LogP contribution in [-0.4, -0.2) is 18.0 Å². The Morgan fingerprint density at radius 2 is 1.74 bits per heavy atom. The van der Waals surface area contributed by atoms with Crippen molar-refractivity contribution in [2.45, 2.75) is 45.4 Å². The van der Waals surface area contributed by atoms with Crippen LogP contribution in [0.25, 0.3) is 11.1 Å². The number of alkyl halides is 1. The van der Waals surface area contributed by atoms with Crippen LogP contribution in [0.3, 0.4) is 0 Å². The van der Waals surface area contributed by atoms with E-state index in [4.69, 9.17) is 21.1 Å². The zero-order valence-corrected chi connectivity index (χ0v) is 16.8. The molecule has 0 aliphatic heterocycles. The Morgan fingerprint density at radius 1 is 1.07 bits per heavy atom. The molecule has 146 valence electrons. The molecule has 0 fully saturated rings. The van der Waals surface area contributed by atoms with E-state index in [1.165, 1.54) is 6.07 Å². The molecule has 2 rings (SSSR count). The van der Waals surface area contributed by atoms with Crippen LogP contribution in [-0.2, 0) is 4.79 Å². The highest BCUT2D eigenvalue weighted by atomic mass is 35.5. The van der Waals surface area contributed by atoms with Gasteiger partial charge < -0.3 is 9.47 Å². The molecule has 0 saturated heterocycles. The molecule has 1 atom stereocenters. The molecule has 0 aliphatic rings. The third-order valence-corrected chi connectivity index (χ3v) is 4.84. The largest absolute Gasteiger partial charge is 0.491 e. The maximum atomic E-state index is 14.3. The van der Waals surface area contributed by atoms with Gasteiger partial charge in [0, 0.05) is 0 Å². The summed E-state index contributed by atoms with van der Waals surface area (Å²) in [4.78, 5) is 11.9. The first-order valence-corrected chi connectivity index (χ1v) is 9.74. The molecule has 0 saturated carbocycles. The summed E-state index contributed by atoms with van der Waals surface area (Å²) in [6, 6.07) is 11.8. The van der Waals surface area contributed by atoms with Crippen molar-refractivity contribution in [2.75, 3.05) is 6.61 Å². The van der Waals surface area contributed by atoms with Crippen LogP contribution in [0, 0.1) is 11.7 Å². The van der Waals surface area contributed by atoms with E-state index < -0.39 is 11.3 Å². The molecule has 0 aromatic heterocycles. The summed E-state index contributed by atoms with van der Waals surface area (Å²) in [6.07, 6.45) is 3.08. The predicted molar refractivity (Wildman–Crippen MR) is 107 cm³/mol. The van der Waals surface area contributed by atoms with E-state index in [1.54, 1.807) is 30.3 Å². The minimum absolute atomic E-state index is 0.0101. The molecular weight excluding hydrogens is 367 g/mol. The zero-order chi connectivity index (χ0) is 19.8. The highest BCUT2D eigenvalue weighted by Crippen LogP contribution is 2.27. The lowest BCUT2D eigenvalue weighted by molar-refractivity contribution is -0.134. The van der Waals surface area contributed by atoms with Crippen molar-refractivity contribution in [2.24, 2.45) is 5.92 Å². The van der Waals surface area contributed by atoms with Gasteiger partial charge in [-0.2, -0.15) is 0 Å². The Bertz CT molecular complexity index is 744. The first-order chi connectivity index (χ1) is 12.9. The highest BCUT2D eigenvalue weighted by molar-refractivity contribution is 6.30. The number of halogens is 2. The molecule has 27 heavy (non-hydrogen) atoms. The third-order valence-electron chi connectivity index (χ3n) is 4.15. The van der Waals surface area contributed by atoms with Gasteiger partial charge >= 0.3 is 5.97 Å². The summed E-state index contributed by atoms with van der Waals surface area (Å²) in [5.74, 6) is -0.200. The van der Waals surface area contributed by atoms with Gasteiger partial charge in [0.15, 0.2) is 11.6 Å². The predicted octanol–water partition coefficient (Wildman–Crippen LogP) is 6.23. The van der Waals surface area contributed by atoms with Crippen LogP contribution in [0.15, 0.2) is 42.5 Å². The lowest BCUT2D eigenvalue weighted by Crippen LogP contribution is -2.25. The number of unbranched alkanes of at least 4 members (excludes halogenated alkanes) is 2. The Labute approximate surface area is 165 Å². The summed E-state index contributed by atoms with van der Waals surface area (Å²) in [5, 5.41) is -0.691. The number of benzene rings is 2. The van der Waals surface area contributed by atoms with Crippen LogP contribution in [0.4, 0.5) is 4.39 Å². The first-order valence-electron chi connectivity index (χ1n) is 9.31. The quantitative estimate of drug-likeness (QED) is 0.219. The molecule has 5 heteroatoms. The fraction of sp³-hybridized carbons (Fsp3) is 0.409. The number of hydrogen-bond acceptors (Lipinski definition) is 3. The van der Waals surface area contributed by atoms with Gasteiger partial charge in [0.25, 0.3) is 0 Å². The van der Waals surface area contributed by atoms with E-state index >= 15 is 0 Å². The lowest BCUT2D eigenvalue weighted by atomic mass is 10.1. The van der Waals surface area contributed by atoms with Crippen molar-refractivity contribution < 1.29 is 18.7 Å². The van der Waals surface area contributed by atoms with E-state index in [0.717, 1.165) is 30.4 Å². The van der Waals surface area contributed by atoms with Gasteiger partial charge in [-0.15, -0.1) is 11.6 Å².